The molecule has 2 rings (SSSR count). The second-order valence-electron chi connectivity index (χ2n) is 1.98. The van der Waals surface area contributed by atoms with Crippen molar-refractivity contribution in [3.8, 4) is 11.6 Å². The van der Waals surface area contributed by atoms with E-state index in [9.17, 15) is 0 Å². The Morgan fingerprint density at radius 3 is 3.00 bits per heavy atom. The van der Waals surface area contributed by atoms with E-state index >= 15 is 0 Å². The summed E-state index contributed by atoms with van der Waals surface area (Å²) in [4.78, 5) is 2.88. The third kappa shape index (κ3) is 1.12. The van der Waals surface area contributed by atoms with E-state index in [-0.39, 0.29) is 0 Å². The van der Waals surface area contributed by atoms with Gasteiger partial charge in [0.05, 0.1) is 5.02 Å². The molecule has 0 fully saturated rings. The van der Waals surface area contributed by atoms with Crippen LogP contribution in [0, 0.1) is 0 Å². The summed E-state index contributed by atoms with van der Waals surface area (Å²) in [5.74, 6) is 0.442. The van der Waals surface area contributed by atoms with Crippen molar-refractivity contribution in [1.29, 1.82) is 0 Å². The summed E-state index contributed by atoms with van der Waals surface area (Å²) in [6.45, 7) is 0. The van der Waals surface area contributed by atoms with Crippen LogP contribution in [0.5, 0.6) is 0 Å². The molecule has 2 aromatic heterocycles. The first kappa shape index (κ1) is 6.42. The highest BCUT2D eigenvalue weighted by Crippen LogP contribution is 2.18. The smallest absolute Gasteiger partial charge is 0.263 e. The summed E-state index contributed by atoms with van der Waals surface area (Å²) in [6.07, 6.45) is 2.92. The van der Waals surface area contributed by atoms with Crippen molar-refractivity contribution < 1.29 is 4.42 Å². The number of halogens is 1. The zero-order valence-electron chi connectivity index (χ0n) is 5.41. The molecule has 0 aromatic carbocycles. The molecule has 1 N–H and O–H groups in total. The number of hydrogen-bond acceptors (Lipinski definition) is 3. The second kappa shape index (κ2) is 2.39. The maximum atomic E-state index is 5.66. The van der Waals surface area contributed by atoms with Crippen molar-refractivity contribution in [2.45, 2.75) is 0 Å². The van der Waals surface area contributed by atoms with Gasteiger partial charge in [0.2, 0.25) is 6.39 Å². The van der Waals surface area contributed by atoms with Crippen molar-refractivity contribution in [2.75, 3.05) is 0 Å². The van der Waals surface area contributed by atoms with Crippen LogP contribution in [0.3, 0.4) is 0 Å². The largest absolute Gasteiger partial charge is 0.422 e. The first-order chi connectivity index (χ1) is 5.36. The van der Waals surface area contributed by atoms with E-state index in [1.807, 2.05) is 0 Å². The number of rotatable bonds is 1. The standard InChI is InChI=1S/C6H4ClN3O/c7-4-1-5(8-2-4)6-10-9-3-11-6/h1-3,8H. The molecular weight excluding hydrogens is 166 g/mol. The normalized spacial score (nSPS) is 10.3. The number of aromatic nitrogens is 3. The first-order valence-corrected chi connectivity index (χ1v) is 3.34. The van der Waals surface area contributed by atoms with Crippen LogP contribution in [0.25, 0.3) is 11.6 Å². The van der Waals surface area contributed by atoms with E-state index in [0.717, 1.165) is 5.69 Å². The quantitative estimate of drug-likeness (QED) is 0.707. The van der Waals surface area contributed by atoms with Crippen LogP contribution in [0.4, 0.5) is 0 Å². The van der Waals surface area contributed by atoms with Gasteiger partial charge in [-0.15, -0.1) is 10.2 Å². The van der Waals surface area contributed by atoms with E-state index in [4.69, 9.17) is 16.0 Å². The summed E-state index contributed by atoms with van der Waals surface area (Å²) in [6, 6.07) is 1.72. The molecule has 0 radical (unpaired) electrons. The van der Waals surface area contributed by atoms with Crippen LogP contribution < -0.4 is 0 Å². The first-order valence-electron chi connectivity index (χ1n) is 2.97. The molecule has 0 spiro atoms. The molecule has 11 heavy (non-hydrogen) atoms. The zero-order chi connectivity index (χ0) is 7.68. The molecule has 0 amide bonds. The van der Waals surface area contributed by atoms with E-state index in [1.165, 1.54) is 6.39 Å². The lowest BCUT2D eigenvalue weighted by Gasteiger charge is -1.83. The molecule has 0 atom stereocenters. The van der Waals surface area contributed by atoms with Gasteiger partial charge in [-0.05, 0) is 6.07 Å². The van der Waals surface area contributed by atoms with Gasteiger partial charge in [0.1, 0.15) is 5.69 Å². The summed E-state index contributed by atoms with van der Waals surface area (Å²) >= 11 is 5.66. The molecule has 0 saturated carbocycles. The molecule has 0 aliphatic rings. The molecule has 2 heterocycles. The fourth-order valence-corrected chi connectivity index (χ4v) is 0.945. The summed E-state index contributed by atoms with van der Waals surface area (Å²) < 4.78 is 4.92. The number of H-pyrrole nitrogens is 1. The lowest BCUT2D eigenvalue weighted by molar-refractivity contribution is 0.567. The van der Waals surface area contributed by atoms with Crippen molar-refractivity contribution in [1.82, 2.24) is 15.2 Å². The van der Waals surface area contributed by atoms with E-state index < -0.39 is 0 Å². The van der Waals surface area contributed by atoms with Crippen LogP contribution in [-0.4, -0.2) is 15.2 Å². The maximum absolute atomic E-state index is 5.66. The Kier molecular flexibility index (Phi) is 1.40. The van der Waals surface area contributed by atoms with Gasteiger partial charge in [0.15, 0.2) is 0 Å². The molecule has 2 aromatic rings. The minimum absolute atomic E-state index is 0.442. The van der Waals surface area contributed by atoms with Crippen molar-refractivity contribution in [3.63, 3.8) is 0 Å². The Morgan fingerprint density at radius 1 is 1.55 bits per heavy atom. The predicted molar refractivity (Wildman–Crippen MR) is 39.1 cm³/mol. The van der Waals surface area contributed by atoms with Crippen LogP contribution in [0.1, 0.15) is 0 Å². The van der Waals surface area contributed by atoms with Gasteiger partial charge >= 0.3 is 0 Å². The Labute approximate surface area is 67.2 Å². The van der Waals surface area contributed by atoms with Gasteiger partial charge in [-0.2, -0.15) is 0 Å². The van der Waals surface area contributed by atoms with Crippen molar-refractivity contribution >= 4 is 11.6 Å². The zero-order valence-corrected chi connectivity index (χ0v) is 6.17. The molecule has 0 aliphatic carbocycles. The van der Waals surface area contributed by atoms with Gasteiger partial charge in [0.25, 0.3) is 5.89 Å². The van der Waals surface area contributed by atoms with Crippen LogP contribution >= 0.6 is 11.6 Å². The highest BCUT2D eigenvalue weighted by atomic mass is 35.5. The number of nitrogens with one attached hydrogen (secondary N) is 1. The van der Waals surface area contributed by atoms with E-state index in [2.05, 4.69) is 15.2 Å². The Hall–Kier alpha value is -1.29. The Morgan fingerprint density at radius 2 is 2.45 bits per heavy atom. The van der Waals surface area contributed by atoms with Gasteiger partial charge in [-0.25, -0.2) is 0 Å². The topological polar surface area (TPSA) is 54.7 Å². The summed E-state index contributed by atoms with van der Waals surface area (Å²) in [5, 5.41) is 7.84. The molecule has 0 unspecified atom stereocenters. The molecule has 56 valence electrons. The van der Waals surface area contributed by atoms with Crippen LogP contribution in [-0.2, 0) is 0 Å². The SMILES string of the molecule is Clc1c[nH]c(-c2nnco2)c1. The van der Waals surface area contributed by atoms with Crippen molar-refractivity contribution in [2.24, 2.45) is 0 Å². The van der Waals surface area contributed by atoms with Crippen LogP contribution in [0.2, 0.25) is 5.02 Å². The summed E-state index contributed by atoms with van der Waals surface area (Å²) in [5.41, 5.74) is 0.729. The second-order valence-corrected chi connectivity index (χ2v) is 2.41. The average Bonchev–Trinajstić information content (AvgIpc) is 2.55. The fraction of sp³-hybridized carbons (Fsp3) is 0. The highest BCUT2D eigenvalue weighted by molar-refractivity contribution is 6.30. The fourth-order valence-electron chi connectivity index (χ4n) is 0.782. The third-order valence-corrected chi connectivity index (χ3v) is 1.46. The van der Waals surface area contributed by atoms with E-state index in [1.54, 1.807) is 12.3 Å². The molecule has 0 bridgehead atoms. The number of hydrogen-bond donors (Lipinski definition) is 1. The number of aromatic amines is 1. The summed E-state index contributed by atoms with van der Waals surface area (Å²) in [7, 11) is 0. The molecular formula is C6H4ClN3O. The Balaban J connectivity index is 2.45. The van der Waals surface area contributed by atoms with Gasteiger partial charge in [-0.3, -0.25) is 0 Å². The molecule has 0 aliphatic heterocycles. The van der Waals surface area contributed by atoms with E-state index in [0.29, 0.717) is 10.9 Å². The van der Waals surface area contributed by atoms with Gasteiger partial charge in [0, 0.05) is 6.20 Å². The average molecular weight is 170 g/mol. The van der Waals surface area contributed by atoms with Crippen LogP contribution in [0.15, 0.2) is 23.1 Å². The molecule has 0 saturated heterocycles. The van der Waals surface area contributed by atoms with Gasteiger partial charge < -0.3 is 9.40 Å². The predicted octanol–water partition coefficient (Wildman–Crippen LogP) is 1.72. The minimum Gasteiger partial charge on any atom is -0.422 e. The minimum atomic E-state index is 0.442. The van der Waals surface area contributed by atoms with Crippen molar-refractivity contribution in [3.05, 3.63) is 23.7 Å². The monoisotopic (exact) mass is 169 g/mol. The maximum Gasteiger partial charge on any atom is 0.263 e. The van der Waals surface area contributed by atoms with Gasteiger partial charge in [-0.1, -0.05) is 11.6 Å². The Bertz CT molecular complexity index is 340. The number of nitrogens with zero attached hydrogens (tertiary/aromatic N) is 2. The lowest BCUT2D eigenvalue weighted by Crippen LogP contribution is -1.75. The highest BCUT2D eigenvalue weighted by Gasteiger charge is 2.04. The lowest BCUT2D eigenvalue weighted by atomic mass is 10.4. The molecule has 5 heteroatoms. The molecule has 4 nitrogen and oxygen atoms in total. The third-order valence-electron chi connectivity index (χ3n) is 1.24.